The van der Waals surface area contributed by atoms with Crippen molar-refractivity contribution in [1.29, 1.82) is 0 Å². The first-order chi connectivity index (χ1) is 6.58. The van der Waals surface area contributed by atoms with E-state index in [4.69, 9.17) is 23.2 Å². The van der Waals surface area contributed by atoms with E-state index in [0.29, 0.717) is 18.4 Å². The van der Waals surface area contributed by atoms with Crippen molar-refractivity contribution < 1.29 is 4.79 Å². The molecule has 3 rings (SSSR count). The molecule has 1 saturated heterocycles. The van der Waals surface area contributed by atoms with Gasteiger partial charge in [0.1, 0.15) is 4.33 Å². The standard InChI is InChI=1S/C10H13Cl2NO/c11-10(12)5-9(10)6-3-1-2-4-7(6)13-8(9)14/h6-7H,1-5H2,(H,13,14)/t6-,7+,9-/m1/s1. The summed E-state index contributed by atoms with van der Waals surface area (Å²) in [5.74, 6) is 0.484. The number of amides is 1. The number of hydrogen-bond donors (Lipinski definition) is 1. The van der Waals surface area contributed by atoms with Crippen LogP contribution in [0.25, 0.3) is 0 Å². The second kappa shape index (κ2) is 2.59. The largest absolute Gasteiger partial charge is 0.352 e. The second-order valence-corrected chi connectivity index (χ2v) is 6.31. The lowest BCUT2D eigenvalue weighted by molar-refractivity contribution is -0.124. The topological polar surface area (TPSA) is 29.1 Å². The van der Waals surface area contributed by atoms with Crippen LogP contribution in [0.3, 0.4) is 0 Å². The van der Waals surface area contributed by atoms with Gasteiger partial charge >= 0.3 is 0 Å². The van der Waals surface area contributed by atoms with Crippen LogP contribution in [0.15, 0.2) is 0 Å². The van der Waals surface area contributed by atoms with E-state index >= 15 is 0 Å². The molecule has 0 aromatic heterocycles. The highest BCUT2D eigenvalue weighted by molar-refractivity contribution is 6.53. The van der Waals surface area contributed by atoms with Crippen LogP contribution in [0, 0.1) is 11.3 Å². The number of alkyl halides is 2. The molecular weight excluding hydrogens is 221 g/mol. The minimum absolute atomic E-state index is 0.0967. The molecule has 1 aliphatic heterocycles. The Morgan fingerprint density at radius 1 is 1.29 bits per heavy atom. The number of nitrogens with one attached hydrogen (secondary N) is 1. The van der Waals surface area contributed by atoms with Gasteiger partial charge in [-0.1, -0.05) is 12.8 Å². The lowest BCUT2D eigenvalue weighted by Gasteiger charge is -2.27. The summed E-state index contributed by atoms with van der Waals surface area (Å²) in [5.41, 5.74) is -0.429. The maximum Gasteiger partial charge on any atom is 0.229 e. The van der Waals surface area contributed by atoms with Gasteiger partial charge in [-0.05, 0) is 25.2 Å². The fourth-order valence-corrected chi connectivity index (χ4v) is 4.19. The molecule has 78 valence electrons. The first-order valence-electron chi connectivity index (χ1n) is 5.27. The van der Waals surface area contributed by atoms with Crippen LogP contribution in [0.2, 0.25) is 0 Å². The summed E-state index contributed by atoms with van der Waals surface area (Å²) >= 11 is 12.2. The molecule has 14 heavy (non-hydrogen) atoms. The molecule has 4 heteroatoms. The van der Waals surface area contributed by atoms with Crippen LogP contribution in [0.4, 0.5) is 0 Å². The number of hydrogen-bond acceptors (Lipinski definition) is 1. The summed E-state index contributed by atoms with van der Waals surface area (Å²) in [6.45, 7) is 0. The molecule has 3 atom stereocenters. The normalized spacial score (nSPS) is 48.9. The molecule has 3 fully saturated rings. The molecular formula is C10H13Cl2NO. The molecule has 2 saturated carbocycles. The minimum Gasteiger partial charge on any atom is -0.352 e. The third-order valence-corrected chi connectivity index (χ3v) is 5.09. The van der Waals surface area contributed by atoms with Crippen LogP contribution in [0.1, 0.15) is 32.1 Å². The van der Waals surface area contributed by atoms with Crippen molar-refractivity contribution >= 4 is 29.1 Å². The van der Waals surface area contributed by atoms with E-state index in [9.17, 15) is 4.79 Å². The van der Waals surface area contributed by atoms with Gasteiger partial charge in [0, 0.05) is 6.04 Å². The summed E-state index contributed by atoms with van der Waals surface area (Å²) < 4.78 is -0.784. The number of fused-ring (bicyclic) bond motifs is 2. The molecule has 2 aliphatic carbocycles. The Labute approximate surface area is 93.3 Å². The molecule has 1 amide bonds. The van der Waals surface area contributed by atoms with Crippen LogP contribution >= 0.6 is 23.2 Å². The number of halogens is 2. The summed E-state index contributed by atoms with van der Waals surface area (Å²) in [7, 11) is 0. The van der Waals surface area contributed by atoms with Gasteiger partial charge < -0.3 is 5.32 Å². The average molecular weight is 234 g/mol. The number of carbonyl (C=O) groups excluding carboxylic acids is 1. The van der Waals surface area contributed by atoms with Gasteiger partial charge in [-0.15, -0.1) is 23.2 Å². The zero-order valence-corrected chi connectivity index (χ0v) is 9.37. The summed E-state index contributed by atoms with van der Waals surface area (Å²) in [6.07, 6.45) is 5.28. The van der Waals surface area contributed by atoms with Gasteiger partial charge in [0.05, 0.1) is 5.41 Å². The third-order valence-electron chi connectivity index (χ3n) is 4.15. The zero-order valence-electron chi connectivity index (χ0n) is 7.85. The smallest absolute Gasteiger partial charge is 0.229 e. The van der Waals surface area contributed by atoms with Crippen LogP contribution in [-0.2, 0) is 4.79 Å². The van der Waals surface area contributed by atoms with E-state index in [-0.39, 0.29) is 5.91 Å². The Kier molecular flexibility index (Phi) is 1.72. The Morgan fingerprint density at radius 3 is 2.57 bits per heavy atom. The third kappa shape index (κ3) is 0.917. The van der Waals surface area contributed by atoms with Crippen molar-refractivity contribution in [1.82, 2.24) is 5.32 Å². The van der Waals surface area contributed by atoms with E-state index in [1.165, 1.54) is 12.8 Å². The number of carbonyl (C=O) groups is 1. The maximum absolute atomic E-state index is 11.9. The van der Waals surface area contributed by atoms with Gasteiger partial charge in [-0.2, -0.15) is 0 Å². The van der Waals surface area contributed by atoms with Gasteiger partial charge in [-0.25, -0.2) is 0 Å². The van der Waals surface area contributed by atoms with Crippen molar-refractivity contribution in [3.05, 3.63) is 0 Å². The van der Waals surface area contributed by atoms with Gasteiger partial charge in [-0.3, -0.25) is 4.79 Å². The van der Waals surface area contributed by atoms with Crippen molar-refractivity contribution in [2.75, 3.05) is 0 Å². The summed E-state index contributed by atoms with van der Waals surface area (Å²) in [6, 6.07) is 0.343. The van der Waals surface area contributed by atoms with Gasteiger partial charge in [0.2, 0.25) is 5.91 Å². The SMILES string of the molecule is O=C1N[C@H]2CCCC[C@H]2[C@]12CC2(Cl)Cl. The molecule has 0 aromatic carbocycles. The first kappa shape index (κ1) is 9.29. The minimum atomic E-state index is -0.784. The van der Waals surface area contributed by atoms with Crippen LogP contribution in [-0.4, -0.2) is 16.3 Å². The Morgan fingerprint density at radius 2 is 1.93 bits per heavy atom. The second-order valence-electron chi connectivity index (χ2n) is 4.82. The molecule has 0 radical (unpaired) electrons. The predicted molar refractivity (Wildman–Crippen MR) is 55.4 cm³/mol. The van der Waals surface area contributed by atoms with E-state index < -0.39 is 9.75 Å². The summed E-state index contributed by atoms with van der Waals surface area (Å²) in [4.78, 5) is 11.9. The fourth-order valence-electron chi connectivity index (χ4n) is 3.31. The molecule has 1 N–H and O–H groups in total. The lowest BCUT2D eigenvalue weighted by atomic mass is 9.78. The predicted octanol–water partition coefficient (Wildman–Crippen LogP) is 2.24. The number of rotatable bonds is 0. The van der Waals surface area contributed by atoms with Crippen molar-refractivity contribution in [2.45, 2.75) is 42.5 Å². The highest BCUT2D eigenvalue weighted by Crippen LogP contribution is 2.71. The molecule has 0 unspecified atom stereocenters. The summed E-state index contributed by atoms with van der Waals surface area (Å²) in [5, 5.41) is 3.06. The monoisotopic (exact) mass is 233 g/mol. The average Bonchev–Trinajstić information content (AvgIpc) is 2.59. The lowest BCUT2D eigenvalue weighted by Crippen LogP contribution is -2.31. The highest BCUT2D eigenvalue weighted by Gasteiger charge is 2.78. The van der Waals surface area contributed by atoms with E-state index in [0.717, 1.165) is 12.8 Å². The zero-order chi connectivity index (χ0) is 9.97. The van der Waals surface area contributed by atoms with Crippen molar-refractivity contribution in [3.8, 4) is 0 Å². The Balaban J connectivity index is 1.95. The maximum atomic E-state index is 11.9. The quantitative estimate of drug-likeness (QED) is 0.640. The Bertz CT molecular complexity index is 304. The highest BCUT2D eigenvalue weighted by atomic mass is 35.5. The van der Waals surface area contributed by atoms with E-state index in [1.807, 2.05) is 0 Å². The Hall–Kier alpha value is 0.0500. The molecule has 0 bridgehead atoms. The molecule has 3 aliphatic rings. The molecule has 0 aromatic rings. The molecule has 2 nitrogen and oxygen atoms in total. The van der Waals surface area contributed by atoms with Crippen molar-refractivity contribution in [2.24, 2.45) is 11.3 Å². The van der Waals surface area contributed by atoms with Gasteiger partial charge in [0.25, 0.3) is 0 Å². The van der Waals surface area contributed by atoms with E-state index in [1.54, 1.807) is 0 Å². The van der Waals surface area contributed by atoms with Crippen LogP contribution < -0.4 is 5.32 Å². The van der Waals surface area contributed by atoms with E-state index in [2.05, 4.69) is 5.32 Å². The molecule has 1 heterocycles. The fraction of sp³-hybridized carbons (Fsp3) is 0.900. The van der Waals surface area contributed by atoms with Crippen molar-refractivity contribution in [3.63, 3.8) is 0 Å². The van der Waals surface area contributed by atoms with Gasteiger partial charge in [0.15, 0.2) is 0 Å². The van der Waals surface area contributed by atoms with Crippen LogP contribution in [0.5, 0.6) is 0 Å². The molecule has 1 spiro atoms. The first-order valence-corrected chi connectivity index (χ1v) is 6.02.